The van der Waals surface area contributed by atoms with Crippen LogP contribution in [0.15, 0.2) is 12.5 Å². The van der Waals surface area contributed by atoms with E-state index in [1.165, 1.54) is 6.33 Å². The molecule has 2 heterocycles. The van der Waals surface area contributed by atoms with E-state index in [1.54, 1.807) is 0 Å². The van der Waals surface area contributed by atoms with E-state index in [4.69, 9.17) is 5.11 Å². The number of aromatic carboxylic acids is 1. The van der Waals surface area contributed by atoms with Crippen molar-refractivity contribution in [3.05, 3.63) is 39.6 Å². The molecule has 0 aromatic carbocycles. The van der Waals surface area contributed by atoms with Gasteiger partial charge in [-0.25, -0.2) is 19.4 Å². The standard InChI is InChI=1S/C12H11N5O4/c18-12(19)10-9(17(20)21)5-16(15-10)11-7-3-1-2-4-8(7)13-6-14-11/h5-6H,1-4H2,(H,18,19). The van der Waals surface area contributed by atoms with Crippen molar-refractivity contribution in [3.63, 3.8) is 0 Å². The topological polar surface area (TPSA) is 124 Å². The molecule has 0 aliphatic heterocycles. The molecule has 0 bridgehead atoms. The molecule has 0 spiro atoms. The summed E-state index contributed by atoms with van der Waals surface area (Å²) in [5.41, 5.74) is 0.619. The van der Waals surface area contributed by atoms with Crippen LogP contribution in [0.4, 0.5) is 5.69 Å². The predicted octanol–water partition coefficient (Wildman–Crippen LogP) is 1.15. The SMILES string of the molecule is O=C(O)c1nn(-c2ncnc3c2CCCC3)cc1[N+](=O)[O-]. The van der Waals surface area contributed by atoms with Gasteiger partial charge in [-0.1, -0.05) is 0 Å². The van der Waals surface area contributed by atoms with Gasteiger partial charge >= 0.3 is 11.7 Å². The minimum atomic E-state index is -1.44. The molecule has 0 unspecified atom stereocenters. The molecule has 108 valence electrons. The van der Waals surface area contributed by atoms with E-state index in [0.717, 1.165) is 47.8 Å². The Balaban J connectivity index is 2.15. The summed E-state index contributed by atoms with van der Waals surface area (Å²) in [5.74, 6) is -1.03. The first-order chi connectivity index (χ1) is 10.1. The molecule has 2 aromatic heterocycles. The Kier molecular flexibility index (Phi) is 3.09. The zero-order chi connectivity index (χ0) is 15.0. The average molecular weight is 289 g/mol. The van der Waals surface area contributed by atoms with Gasteiger partial charge in [0.25, 0.3) is 0 Å². The average Bonchev–Trinajstić information content (AvgIpc) is 2.92. The quantitative estimate of drug-likeness (QED) is 0.663. The Morgan fingerprint density at radius 1 is 1.33 bits per heavy atom. The summed E-state index contributed by atoms with van der Waals surface area (Å²) in [6, 6.07) is 0. The molecule has 0 atom stereocenters. The Hall–Kier alpha value is -2.84. The molecule has 0 radical (unpaired) electrons. The first-order valence-electron chi connectivity index (χ1n) is 6.38. The molecule has 1 aliphatic carbocycles. The van der Waals surface area contributed by atoms with E-state index in [-0.39, 0.29) is 0 Å². The van der Waals surface area contributed by atoms with Gasteiger partial charge in [0.2, 0.25) is 5.69 Å². The minimum Gasteiger partial charge on any atom is -0.476 e. The Labute approximate surface area is 118 Å². The normalized spacial score (nSPS) is 13.7. The number of nitro groups is 1. The van der Waals surface area contributed by atoms with Gasteiger partial charge in [-0.05, 0) is 25.7 Å². The van der Waals surface area contributed by atoms with Crippen LogP contribution >= 0.6 is 0 Å². The molecule has 21 heavy (non-hydrogen) atoms. The Morgan fingerprint density at radius 3 is 2.76 bits per heavy atom. The highest BCUT2D eigenvalue weighted by molar-refractivity contribution is 5.89. The van der Waals surface area contributed by atoms with Crippen molar-refractivity contribution in [2.45, 2.75) is 25.7 Å². The molecule has 0 amide bonds. The van der Waals surface area contributed by atoms with E-state index < -0.39 is 22.3 Å². The number of carboxylic acid groups (broad SMARTS) is 1. The fraction of sp³-hybridized carbons (Fsp3) is 0.333. The van der Waals surface area contributed by atoms with Crippen LogP contribution in [-0.2, 0) is 12.8 Å². The summed E-state index contributed by atoms with van der Waals surface area (Å²) in [5, 5.41) is 23.7. The van der Waals surface area contributed by atoms with E-state index in [9.17, 15) is 14.9 Å². The van der Waals surface area contributed by atoms with Crippen molar-refractivity contribution >= 4 is 11.7 Å². The monoisotopic (exact) mass is 289 g/mol. The van der Waals surface area contributed by atoms with Gasteiger partial charge in [0, 0.05) is 11.3 Å². The number of hydrogen-bond acceptors (Lipinski definition) is 6. The first kappa shape index (κ1) is 13.2. The lowest BCUT2D eigenvalue weighted by Gasteiger charge is -2.16. The summed E-state index contributed by atoms with van der Waals surface area (Å²) in [6.45, 7) is 0. The van der Waals surface area contributed by atoms with E-state index >= 15 is 0 Å². The molecule has 0 saturated heterocycles. The van der Waals surface area contributed by atoms with Crippen LogP contribution in [0.2, 0.25) is 0 Å². The molecular weight excluding hydrogens is 278 g/mol. The smallest absolute Gasteiger partial charge is 0.363 e. The summed E-state index contributed by atoms with van der Waals surface area (Å²) in [6.07, 6.45) is 6.03. The number of carbonyl (C=O) groups is 1. The lowest BCUT2D eigenvalue weighted by Crippen LogP contribution is -2.13. The molecule has 0 fully saturated rings. The third kappa shape index (κ3) is 2.22. The minimum absolute atomic E-state index is 0.412. The molecule has 3 rings (SSSR count). The van der Waals surface area contributed by atoms with E-state index in [0.29, 0.717) is 5.82 Å². The fourth-order valence-electron chi connectivity index (χ4n) is 2.46. The number of carboxylic acids is 1. The van der Waals surface area contributed by atoms with Crippen molar-refractivity contribution in [3.8, 4) is 5.82 Å². The van der Waals surface area contributed by atoms with Crippen LogP contribution in [0.3, 0.4) is 0 Å². The number of hydrogen-bond donors (Lipinski definition) is 1. The van der Waals surface area contributed by atoms with Gasteiger partial charge in [0.1, 0.15) is 12.5 Å². The van der Waals surface area contributed by atoms with Crippen LogP contribution in [0.25, 0.3) is 5.82 Å². The van der Waals surface area contributed by atoms with Gasteiger partial charge in [0.15, 0.2) is 5.82 Å². The summed E-state index contributed by atoms with van der Waals surface area (Å²) in [4.78, 5) is 29.5. The van der Waals surface area contributed by atoms with Crippen LogP contribution in [0, 0.1) is 10.1 Å². The zero-order valence-corrected chi connectivity index (χ0v) is 10.9. The van der Waals surface area contributed by atoms with Crippen molar-refractivity contribution < 1.29 is 14.8 Å². The van der Waals surface area contributed by atoms with Gasteiger partial charge in [-0.2, -0.15) is 5.10 Å². The zero-order valence-electron chi connectivity index (χ0n) is 10.9. The highest BCUT2D eigenvalue weighted by Gasteiger charge is 2.27. The van der Waals surface area contributed by atoms with Crippen molar-refractivity contribution in [2.75, 3.05) is 0 Å². The Bertz CT molecular complexity index is 708. The van der Waals surface area contributed by atoms with Crippen molar-refractivity contribution in [2.24, 2.45) is 0 Å². The lowest BCUT2D eigenvalue weighted by atomic mass is 9.96. The molecule has 9 heteroatoms. The van der Waals surface area contributed by atoms with Gasteiger partial charge < -0.3 is 5.11 Å². The van der Waals surface area contributed by atoms with E-state index in [2.05, 4.69) is 15.1 Å². The maximum absolute atomic E-state index is 11.0. The second-order valence-corrected chi connectivity index (χ2v) is 4.70. The third-order valence-electron chi connectivity index (χ3n) is 3.41. The van der Waals surface area contributed by atoms with Gasteiger partial charge in [0.05, 0.1) is 4.92 Å². The maximum atomic E-state index is 11.0. The summed E-state index contributed by atoms with van der Waals surface area (Å²) < 4.78 is 1.16. The summed E-state index contributed by atoms with van der Waals surface area (Å²) in [7, 11) is 0. The van der Waals surface area contributed by atoms with Crippen molar-refractivity contribution in [1.29, 1.82) is 0 Å². The van der Waals surface area contributed by atoms with Gasteiger partial charge in [-0.3, -0.25) is 10.1 Å². The molecule has 1 N–H and O–H groups in total. The number of aryl methyl sites for hydroxylation is 1. The molecule has 9 nitrogen and oxygen atoms in total. The second kappa shape index (κ2) is 4.93. The fourth-order valence-corrected chi connectivity index (χ4v) is 2.46. The summed E-state index contributed by atoms with van der Waals surface area (Å²) >= 11 is 0. The highest BCUT2D eigenvalue weighted by Crippen LogP contribution is 2.25. The van der Waals surface area contributed by atoms with Crippen LogP contribution in [0.1, 0.15) is 34.6 Å². The van der Waals surface area contributed by atoms with Gasteiger partial charge in [-0.15, -0.1) is 0 Å². The van der Waals surface area contributed by atoms with Crippen LogP contribution in [-0.4, -0.2) is 35.7 Å². The highest BCUT2D eigenvalue weighted by atomic mass is 16.6. The largest absolute Gasteiger partial charge is 0.476 e. The van der Waals surface area contributed by atoms with E-state index in [1.807, 2.05) is 0 Å². The van der Waals surface area contributed by atoms with Crippen LogP contribution in [0.5, 0.6) is 0 Å². The number of aromatic nitrogens is 4. The number of nitrogens with zero attached hydrogens (tertiary/aromatic N) is 5. The van der Waals surface area contributed by atoms with Crippen molar-refractivity contribution in [1.82, 2.24) is 19.7 Å². The molecule has 0 saturated carbocycles. The number of fused-ring (bicyclic) bond motifs is 1. The molecule has 2 aromatic rings. The number of rotatable bonds is 3. The Morgan fingerprint density at radius 2 is 2.10 bits per heavy atom. The maximum Gasteiger partial charge on any atom is 0.363 e. The first-order valence-corrected chi connectivity index (χ1v) is 6.38. The second-order valence-electron chi connectivity index (χ2n) is 4.70. The molecular formula is C12H11N5O4. The molecule has 1 aliphatic rings. The third-order valence-corrected chi connectivity index (χ3v) is 3.41. The lowest BCUT2D eigenvalue weighted by molar-refractivity contribution is -0.385. The van der Waals surface area contributed by atoms with Crippen LogP contribution < -0.4 is 0 Å². The predicted molar refractivity (Wildman–Crippen MR) is 69.4 cm³/mol.